The average molecular weight is 460 g/mol. The van der Waals surface area contributed by atoms with Crippen LogP contribution in [0.4, 0.5) is 5.69 Å². The molecule has 2 aromatic carbocycles. The van der Waals surface area contributed by atoms with Crippen LogP contribution < -0.4 is 20.3 Å². The molecule has 1 heterocycles. The zero-order valence-electron chi connectivity index (χ0n) is 16.5. The van der Waals surface area contributed by atoms with Crippen LogP contribution in [-0.4, -0.2) is 29.7 Å². The van der Waals surface area contributed by atoms with Crippen molar-refractivity contribution in [3.8, 4) is 11.5 Å². The van der Waals surface area contributed by atoms with E-state index in [1.54, 1.807) is 12.1 Å². The van der Waals surface area contributed by atoms with Crippen LogP contribution in [0.5, 0.6) is 11.5 Å². The molecule has 152 valence electrons. The maximum absolute atomic E-state index is 12.8. The number of carbonyl (C=O) groups is 1. The second kappa shape index (κ2) is 9.09. The second-order valence-electron chi connectivity index (χ2n) is 6.58. The van der Waals surface area contributed by atoms with Gasteiger partial charge >= 0.3 is 0 Å². The molecule has 29 heavy (non-hydrogen) atoms. The lowest BCUT2D eigenvalue weighted by molar-refractivity contribution is -0.116. The molecule has 3 aromatic rings. The van der Waals surface area contributed by atoms with E-state index in [1.165, 1.54) is 25.1 Å². The van der Waals surface area contributed by atoms with E-state index in [1.807, 2.05) is 25.1 Å². The van der Waals surface area contributed by atoms with Crippen LogP contribution >= 0.6 is 15.9 Å². The van der Waals surface area contributed by atoms with E-state index in [-0.39, 0.29) is 11.5 Å². The number of rotatable bonds is 7. The molecule has 1 N–H and O–H groups in total. The van der Waals surface area contributed by atoms with Crippen LogP contribution in [0.3, 0.4) is 0 Å². The summed E-state index contributed by atoms with van der Waals surface area (Å²) >= 11 is 3.45. The van der Waals surface area contributed by atoms with Gasteiger partial charge in [-0.15, -0.1) is 0 Å². The number of methoxy groups -OCH3 is 2. The van der Waals surface area contributed by atoms with Gasteiger partial charge in [0.1, 0.15) is 0 Å². The Morgan fingerprint density at radius 2 is 1.90 bits per heavy atom. The topological polar surface area (TPSA) is 82.5 Å². The van der Waals surface area contributed by atoms with Crippen molar-refractivity contribution >= 4 is 38.4 Å². The van der Waals surface area contributed by atoms with Gasteiger partial charge in [-0.2, -0.15) is 0 Å². The van der Waals surface area contributed by atoms with Gasteiger partial charge in [0.2, 0.25) is 5.91 Å². The maximum atomic E-state index is 12.8. The third kappa shape index (κ3) is 4.76. The Hall–Kier alpha value is -2.87. The predicted molar refractivity (Wildman–Crippen MR) is 116 cm³/mol. The Kier molecular flexibility index (Phi) is 6.53. The van der Waals surface area contributed by atoms with Crippen LogP contribution in [0.15, 0.2) is 45.9 Å². The smallest absolute Gasteiger partial charge is 0.261 e. The van der Waals surface area contributed by atoms with Crippen molar-refractivity contribution in [2.45, 2.75) is 26.3 Å². The molecule has 0 aliphatic rings. The van der Waals surface area contributed by atoms with Gasteiger partial charge in [-0.05, 0) is 37.1 Å². The van der Waals surface area contributed by atoms with Crippen LogP contribution in [0.1, 0.15) is 18.4 Å². The van der Waals surface area contributed by atoms with Crippen LogP contribution in [0.2, 0.25) is 0 Å². The molecule has 3 rings (SSSR count). The van der Waals surface area contributed by atoms with Crippen molar-refractivity contribution in [1.82, 2.24) is 9.55 Å². The Morgan fingerprint density at radius 3 is 2.59 bits per heavy atom. The third-order valence-electron chi connectivity index (χ3n) is 4.59. The number of nitrogens with zero attached hydrogens (tertiary/aromatic N) is 2. The molecule has 0 radical (unpaired) electrons. The van der Waals surface area contributed by atoms with E-state index < -0.39 is 0 Å². The van der Waals surface area contributed by atoms with E-state index >= 15 is 0 Å². The Morgan fingerprint density at radius 1 is 1.17 bits per heavy atom. The average Bonchev–Trinajstić information content (AvgIpc) is 2.71. The summed E-state index contributed by atoms with van der Waals surface area (Å²) in [5.41, 5.74) is 2.18. The molecule has 0 saturated heterocycles. The van der Waals surface area contributed by atoms with Crippen LogP contribution in [0, 0.1) is 6.92 Å². The fourth-order valence-corrected chi connectivity index (χ4v) is 3.33. The summed E-state index contributed by atoms with van der Waals surface area (Å²) in [6.07, 6.45) is 2.30. The maximum Gasteiger partial charge on any atom is 0.261 e. The monoisotopic (exact) mass is 459 g/mol. The highest BCUT2D eigenvalue weighted by molar-refractivity contribution is 9.10. The van der Waals surface area contributed by atoms with Gasteiger partial charge in [0.05, 0.1) is 31.4 Å². The van der Waals surface area contributed by atoms with E-state index in [4.69, 9.17) is 9.47 Å². The van der Waals surface area contributed by atoms with Gasteiger partial charge in [-0.3, -0.25) is 14.2 Å². The van der Waals surface area contributed by atoms with E-state index in [0.717, 1.165) is 15.7 Å². The first-order valence-corrected chi connectivity index (χ1v) is 9.89. The van der Waals surface area contributed by atoms with Gasteiger partial charge in [-0.25, -0.2) is 4.98 Å². The van der Waals surface area contributed by atoms with E-state index in [2.05, 4.69) is 26.2 Å². The van der Waals surface area contributed by atoms with Gasteiger partial charge in [0.25, 0.3) is 5.56 Å². The lowest BCUT2D eigenvalue weighted by Crippen LogP contribution is -2.22. The second-order valence-corrected chi connectivity index (χ2v) is 7.44. The van der Waals surface area contributed by atoms with Crippen LogP contribution in [0.25, 0.3) is 10.9 Å². The molecule has 0 aliphatic heterocycles. The highest BCUT2D eigenvalue weighted by Crippen LogP contribution is 2.29. The van der Waals surface area contributed by atoms with Crippen molar-refractivity contribution in [3.05, 3.63) is 57.0 Å². The molecule has 0 saturated carbocycles. The number of aryl methyl sites for hydroxylation is 2. The SMILES string of the molecule is COc1cc2ncn(CCCC(=O)Nc3ccc(C)c(Br)c3)c(=O)c2cc1OC. The molecule has 0 unspecified atom stereocenters. The minimum atomic E-state index is -0.182. The lowest BCUT2D eigenvalue weighted by Gasteiger charge is -2.11. The van der Waals surface area contributed by atoms with Gasteiger partial charge < -0.3 is 14.8 Å². The fourth-order valence-electron chi connectivity index (χ4n) is 2.95. The minimum absolute atomic E-state index is 0.103. The summed E-state index contributed by atoms with van der Waals surface area (Å²) in [5.74, 6) is 0.887. The molecule has 0 spiro atoms. The number of ether oxygens (including phenoxy) is 2. The normalized spacial score (nSPS) is 10.8. The number of nitrogens with one attached hydrogen (secondary N) is 1. The summed E-state index contributed by atoms with van der Waals surface area (Å²) in [6, 6.07) is 8.96. The number of benzene rings is 2. The number of hydrogen-bond acceptors (Lipinski definition) is 5. The first kappa shape index (κ1) is 20.9. The third-order valence-corrected chi connectivity index (χ3v) is 5.44. The summed E-state index contributed by atoms with van der Waals surface area (Å²) < 4.78 is 13.0. The summed E-state index contributed by atoms with van der Waals surface area (Å²) in [4.78, 5) is 29.3. The molecular formula is C21H22BrN3O4. The highest BCUT2D eigenvalue weighted by atomic mass is 79.9. The van der Waals surface area contributed by atoms with Crippen molar-refractivity contribution in [2.24, 2.45) is 0 Å². The Balaban J connectivity index is 1.67. The minimum Gasteiger partial charge on any atom is -0.493 e. The van der Waals surface area contributed by atoms with E-state index in [9.17, 15) is 9.59 Å². The molecule has 0 aliphatic carbocycles. The lowest BCUT2D eigenvalue weighted by atomic mass is 10.2. The molecule has 1 amide bonds. The van der Waals surface area contributed by atoms with Gasteiger partial charge in [0, 0.05) is 29.2 Å². The molecule has 7 nitrogen and oxygen atoms in total. The predicted octanol–water partition coefficient (Wildman–Crippen LogP) is 3.90. The molecule has 0 bridgehead atoms. The highest BCUT2D eigenvalue weighted by Gasteiger charge is 2.11. The number of anilines is 1. The standard InChI is InChI=1S/C21H22BrN3O4/c1-13-6-7-14(9-16(13)22)24-20(26)5-4-8-25-12-23-17-11-19(29-3)18(28-2)10-15(17)21(25)27/h6-7,9-12H,4-5,8H2,1-3H3,(H,24,26). The van der Waals surface area contributed by atoms with Crippen molar-refractivity contribution in [1.29, 1.82) is 0 Å². The Bertz CT molecular complexity index is 1110. The van der Waals surface area contributed by atoms with Crippen molar-refractivity contribution in [3.63, 3.8) is 0 Å². The van der Waals surface area contributed by atoms with Crippen molar-refractivity contribution < 1.29 is 14.3 Å². The fraction of sp³-hybridized carbons (Fsp3) is 0.286. The molecule has 8 heteroatoms. The first-order chi connectivity index (χ1) is 13.9. The molecule has 0 atom stereocenters. The van der Waals surface area contributed by atoms with Crippen molar-refractivity contribution in [2.75, 3.05) is 19.5 Å². The summed E-state index contributed by atoms with van der Waals surface area (Å²) in [5, 5.41) is 3.31. The van der Waals surface area contributed by atoms with E-state index in [0.29, 0.717) is 41.8 Å². The quantitative estimate of drug-likeness (QED) is 0.579. The number of aromatic nitrogens is 2. The Labute approximate surface area is 176 Å². The molecule has 1 aromatic heterocycles. The zero-order chi connectivity index (χ0) is 21.0. The number of fused-ring (bicyclic) bond motifs is 1. The summed E-state index contributed by atoms with van der Waals surface area (Å²) in [6.45, 7) is 2.37. The van der Waals surface area contributed by atoms with Gasteiger partial charge in [-0.1, -0.05) is 22.0 Å². The number of carbonyl (C=O) groups excluding carboxylic acids is 1. The summed E-state index contributed by atoms with van der Waals surface area (Å²) in [7, 11) is 3.05. The largest absolute Gasteiger partial charge is 0.493 e. The first-order valence-electron chi connectivity index (χ1n) is 9.10. The number of amides is 1. The van der Waals surface area contributed by atoms with Gasteiger partial charge in [0.15, 0.2) is 11.5 Å². The molecular weight excluding hydrogens is 438 g/mol. The number of halogens is 1. The number of hydrogen-bond donors (Lipinski definition) is 1. The van der Waals surface area contributed by atoms with Crippen LogP contribution in [-0.2, 0) is 11.3 Å². The molecule has 0 fully saturated rings. The zero-order valence-corrected chi connectivity index (χ0v) is 18.1.